The minimum atomic E-state index is -0.995. The lowest BCUT2D eigenvalue weighted by atomic mass is 9.85. The number of esters is 1. The maximum Gasteiger partial charge on any atom is 0.350 e. The molecule has 1 aliphatic heterocycles. The van der Waals surface area contributed by atoms with E-state index in [4.69, 9.17) is 9.47 Å². The van der Waals surface area contributed by atoms with Gasteiger partial charge in [0.15, 0.2) is 5.13 Å². The van der Waals surface area contributed by atoms with Gasteiger partial charge in [-0.3, -0.25) is 14.5 Å². The van der Waals surface area contributed by atoms with E-state index in [0.717, 1.165) is 28.0 Å². The number of hydrogen-bond acceptors (Lipinski definition) is 8. The fraction of sp³-hybridized carbons (Fsp3) is 0.243. The second-order valence-corrected chi connectivity index (χ2v) is 13.1. The molecule has 1 amide bonds. The monoisotopic (exact) mass is 636 g/mol. The molecule has 0 saturated carbocycles. The fourth-order valence-corrected chi connectivity index (χ4v) is 6.22. The van der Waals surface area contributed by atoms with Crippen LogP contribution in [0.25, 0.3) is 5.76 Å². The zero-order chi connectivity index (χ0) is 33.2. The van der Waals surface area contributed by atoms with E-state index in [9.17, 15) is 19.5 Å². The first-order chi connectivity index (χ1) is 21.9. The van der Waals surface area contributed by atoms with Crippen LogP contribution in [0.5, 0.6) is 5.75 Å². The molecular formula is C37H36N2O6S. The van der Waals surface area contributed by atoms with E-state index >= 15 is 0 Å². The van der Waals surface area contributed by atoms with Crippen LogP contribution in [0.15, 0.2) is 91.0 Å². The van der Waals surface area contributed by atoms with Crippen molar-refractivity contribution in [2.75, 3.05) is 11.5 Å². The number of anilines is 1. The first-order valence-corrected chi connectivity index (χ1v) is 15.7. The second-order valence-electron chi connectivity index (χ2n) is 12.1. The summed E-state index contributed by atoms with van der Waals surface area (Å²) in [6, 6.07) is 21.5. The lowest BCUT2D eigenvalue weighted by Gasteiger charge is -2.25. The number of carbonyl (C=O) groups is 3. The molecule has 236 valence electrons. The van der Waals surface area contributed by atoms with Gasteiger partial charge in [-0.25, -0.2) is 9.78 Å². The number of ketones is 1. The van der Waals surface area contributed by atoms with Crippen molar-refractivity contribution >= 4 is 39.9 Å². The number of aliphatic hydroxyl groups is 1. The van der Waals surface area contributed by atoms with E-state index in [2.05, 4.69) is 32.3 Å². The number of hydrogen-bond donors (Lipinski definition) is 1. The molecule has 46 heavy (non-hydrogen) atoms. The molecule has 1 N–H and O–H groups in total. The third-order valence-corrected chi connectivity index (χ3v) is 8.87. The van der Waals surface area contributed by atoms with Gasteiger partial charge in [0, 0.05) is 5.56 Å². The molecule has 0 bridgehead atoms. The molecule has 1 fully saturated rings. The van der Waals surface area contributed by atoms with Gasteiger partial charge in [-0.05, 0) is 59.7 Å². The van der Waals surface area contributed by atoms with Crippen LogP contribution in [0.1, 0.15) is 70.0 Å². The van der Waals surface area contributed by atoms with Gasteiger partial charge in [-0.15, -0.1) is 0 Å². The number of ether oxygens (including phenoxy) is 2. The second kappa shape index (κ2) is 13.1. The lowest BCUT2D eigenvalue weighted by Crippen LogP contribution is -2.29. The van der Waals surface area contributed by atoms with Crippen molar-refractivity contribution in [3.8, 4) is 5.75 Å². The van der Waals surface area contributed by atoms with E-state index in [1.54, 1.807) is 25.1 Å². The Labute approximate surface area is 272 Å². The average Bonchev–Trinajstić information content (AvgIpc) is 3.55. The molecule has 1 unspecified atom stereocenters. The highest BCUT2D eigenvalue weighted by molar-refractivity contribution is 7.17. The number of aliphatic hydroxyl groups excluding tert-OH is 1. The van der Waals surface area contributed by atoms with E-state index in [1.165, 1.54) is 11.0 Å². The predicted molar refractivity (Wildman–Crippen MR) is 179 cm³/mol. The molecule has 0 aliphatic carbocycles. The Hall–Kier alpha value is -5.02. The number of nitrogens with zero attached hydrogens (tertiary/aromatic N) is 2. The molecule has 1 atom stereocenters. The largest absolute Gasteiger partial charge is 0.507 e. The summed E-state index contributed by atoms with van der Waals surface area (Å²) in [5.41, 5.74) is 3.95. The summed E-state index contributed by atoms with van der Waals surface area (Å²) in [5, 5.41) is 11.8. The Morgan fingerprint density at radius 1 is 1.04 bits per heavy atom. The number of aromatic nitrogens is 1. The smallest absolute Gasteiger partial charge is 0.350 e. The van der Waals surface area contributed by atoms with Gasteiger partial charge < -0.3 is 14.6 Å². The Bertz CT molecular complexity index is 1830. The first kappa shape index (κ1) is 32.4. The Morgan fingerprint density at radius 2 is 1.74 bits per heavy atom. The standard InChI is InChI=1S/C37H36N2O6S/c1-7-19-44-35(43)33-23(3)38-36(46-33)39-30(25-13-16-27(17-14-25)37(4,5)6)29(32(41)34(39)42)31(40)26-15-18-28(22(2)20-26)45-21-24-11-9-8-10-12-24/h7-18,20,30,40H,1,19,21H2,2-6H3. The Kier molecular flexibility index (Phi) is 9.25. The van der Waals surface area contributed by atoms with Gasteiger partial charge in [-0.1, -0.05) is 99.4 Å². The molecule has 3 aromatic carbocycles. The van der Waals surface area contributed by atoms with Crippen molar-refractivity contribution in [3.05, 3.63) is 129 Å². The van der Waals surface area contributed by atoms with Crippen molar-refractivity contribution in [1.29, 1.82) is 0 Å². The molecule has 0 radical (unpaired) electrons. The molecule has 0 spiro atoms. The van der Waals surface area contributed by atoms with Crippen molar-refractivity contribution in [1.82, 2.24) is 4.98 Å². The summed E-state index contributed by atoms with van der Waals surface area (Å²) in [7, 11) is 0. The number of rotatable bonds is 9. The highest BCUT2D eigenvalue weighted by Crippen LogP contribution is 2.44. The number of Topliss-reactive ketones (excluding diaryl/α,β-unsaturated/α-hetero) is 1. The van der Waals surface area contributed by atoms with Gasteiger partial charge >= 0.3 is 11.9 Å². The molecular weight excluding hydrogens is 600 g/mol. The third-order valence-electron chi connectivity index (χ3n) is 7.73. The summed E-state index contributed by atoms with van der Waals surface area (Å²) in [6.45, 7) is 13.7. The lowest BCUT2D eigenvalue weighted by molar-refractivity contribution is -0.132. The van der Waals surface area contributed by atoms with Gasteiger partial charge in [0.25, 0.3) is 5.78 Å². The van der Waals surface area contributed by atoms with Crippen LogP contribution in [0, 0.1) is 13.8 Å². The maximum absolute atomic E-state index is 13.7. The number of amides is 1. The van der Waals surface area contributed by atoms with Gasteiger partial charge in [0.2, 0.25) is 0 Å². The quantitative estimate of drug-likeness (QED) is 0.0663. The highest BCUT2D eigenvalue weighted by Gasteiger charge is 2.48. The van der Waals surface area contributed by atoms with E-state index in [-0.39, 0.29) is 33.4 Å². The van der Waals surface area contributed by atoms with Crippen LogP contribution in [-0.2, 0) is 26.3 Å². The molecule has 2 heterocycles. The topological polar surface area (TPSA) is 106 Å². The van der Waals surface area contributed by atoms with E-state index in [1.807, 2.05) is 61.5 Å². The fourth-order valence-electron chi connectivity index (χ4n) is 5.23. The summed E-state index contributed by atoms with van der Waals surface area (Å²) < 4.78 is 11.2. The molecule has 4 aromatic rings. The van der Waals surface area contributed by atoms with Crippen LogP contribution in [0.4, 0.5) is 5.13 Å². The predicted octanol–water partition coefficient (Wildman–Crippen LogP) is 7.61. The van der Waals surface area contributed by atoms with E-state index < -0.39 is 23.7 Å². The zero-order valence-electron chi connectivity index (χ0n) is 26.5. The van der Waals surface area contributed by atoms with Gasteiger partial charge in [-0.2, -0.15) is 0 Å². The third kappa shape index (κ3) is 6.50. The summed E-state index contributed by atoms with van der Waals surface area (Å²) in [5.74, 6) is -2.00. The van der Waals surface area contributed by atoms with Gasteiger partial charge in [0.05, 0.1) is 17.3 Å². The van der Waals surface area contributed by atoms with Crippen molar-refractivity contribution in [2.24, 2.45) is 0 Å². The van der Waals surface area contributed by atoms with Gasteiger partial charge in [0.1, 0.15) is 29.6 Å². The highest BCUT2D eigenvalue weighted by atomic mass is 32.1. The number of aryl methyl sites for hydroxylation is 2. The molecule has 1 aromatic heterocycles. The van der Waals surface area contributed by atoms with Crippen molar-refractivity contribution in [2.45, 2.75) is 52.7 Å². The van der Waals surface area contributed by atoms with Crippen LogP contribution >= 0.6 is 11.3 Å². The number of carbonyl (C=O) groups excluding carboxylic acids is 3. The molecule has 1 saturated heterocycles. The minimum Gasteiger partial charge on any atom is -0.507 e. The maximum atomic E-state index is 13.7. The Morgan fingerprint density at radius 3 is 2.37 bits per heavy atom. The van der Waals surface area contributed by atoms with Crippen molar-refractivity contribution in [3.63, 3.8) is 0 Å². The van der Waals surface area contributed by atoms with Crippen LogP contribution in [0.3, 0.4) is 0 Å². The normalized spacial score (nSPS) is 16.0. The van der Waals surface area contributed by atoms with Crippen LogP contribution < -0.4 is 9.64 Å². The number of thiazole rings is 1. The molecule has 9 heteroatoms. The summed E-state index contributed by atoms with van der Waals surface area (Å²) in [4.78, 5) is 46.1. The molecule has 5 rings (SSSR count). The van der Waals surface area contributed by atoms with Crippen LogP contribution in [0.2, 0.25) is 0 Å². The van der Waals surface area contributed by atoms with Crippen LogP contribution in [-0.4, -0.2) is 34.4 Å². The Balaban J connectivity index is 1.58. The zero-order valence-corrected chi connectivity index (χ0v) is 27.3. The van der Waals surface area contributed by atoms with Crippen molar-refractivity contribution < 1.29 is 29.0 Å². The number of benzene rings is 3. The minimum absolute atomic E-state index is 0.0195. The summed E-state index contributed by atoms with van der Waals surface area (Å²) >= 11 is 0.957. The first-order valence-electron chi connectivity index (χ1n) is 14.8. The molecule has 8 nitrogen and oxygen atoms in total. The SMILES string of the molecule is C=CCOC(=O)c1sc(N2C(=O)C(=O)C(=C(O)c3ccc(OCc4ccccc4)c(C)c3)C2c2ccc(C(C)(C)C)cc2)nc1C. The summed E-state index contributed by atoms with van der Waals surface area (Å²) in [6.07, 6.45) is 1.46. The molecule has 1 aliphatic rings. The van der Waals surface area contributed by atoms with E-state index in [0.29, 0.717) is 29.2 Å². The average molecular weight is 637 g/mol.